The first kappa shape index (κ1) is 14.4. The van der Waals surface area contributed by atoms with E-state index in [1.807, 2.05) is 6.92 Å². The third-order valence-corrected chi connectivity index (χ3v) is 3.57. The summed E-state index contributed by atoms with van der Waals surface area (Å²) in [5, 5.41) is 2.11. The Balaban J connectivity index is 2.38. The Morgan fingerprint density at radius 1 is 1.30 bits per heavy atom. The van der Waals surface area contributed by atoms with Gasteiger partial charge in [0.1, 0.15) is 11.6 Å². The van der Waals surface area contributed by atoms with Gasteiger partial charge in [-0.15, -0.1) is 0 Å². The number of hydrogen-bond acceptors (Lipinski definition) is 3. The van der Waals surface area contributed by atoms with Crippen LogP contribution in [-0.2, 0) is 9.59 Å². The van der Waals surface area contributed by atoms with Crippen molar-refractivity contribution >= 4 is 17.5 Å². The fourth-order valence-electron chi connectivity index (χ4n) is 2.28. The molecule has 1 saturated heterocycles. The zero-order valence-electron chi connectivity index (χ0n) is 11.4. The fourth-order valence-corrected chi connectivity index (χ4v) is 2.28. The van der Waals surface area contributed by atoms with Crippen LogP contribution < -0.4 is 10.2 Å². The highest BCUT2D eigenvalue weighted by Gasteiger charge is 2.32. The Labute approximate surface area is 115 Å². The molecule has 0 bridgehead atoms. The molecule has 1 heterocycles. The number of carbonyl (C=O) groups is 2. The lowest BCUT2D eigenvalue weighted by Crippen LogP contribution is -2.40. The molecular weight excluding hydrogens is 266 g/mol. The number of amides is 2. The molecule has 0 aliphatic carbocycles. The van der Waals surface area contributed by atoms with E-state index < -0.39 is 29.4 Å². The zero-order valence-corrected chi connectivity index (χ0v) is 11.4. The highest BCUT2D eigenvalue weighted by molar-refractivity contribution is 6.01. The average molecular weight is 282 g/mol. The summed E-state index contributed by atoms with van der Waals surface area (Å²) in [6, 6.07) is 2.43. The summed E-state index contributed by atoms with van der Waals surface area (Å²) in [4.78, 5) is 24.5. The Kier molecular flexibility index (Phi) is 4.01. The van der Waals surface area contributed by atoms with Crippen molar-refractivity contribution in [1.82, 2.24) is 5.32 Å². The Morgan fingerprint density at radius 3 is 2.40 bits per heavy atom. The third-order valence-electron chi connectivity index (χ3n) is 3.57. The van der Waals surface area contributed by atoms with Gasteiger partial charge in [-0.1, -0.05) is 0 Å². The van der Waals surface area contributed by atoms with Gasteiger partial charge < -0.3 is 4.90 Å². The first-order valence-electron chi connectivity index (χ1n) is 6.47. The molecule has 2 amide bonds. The molecule has 2 rings (SSSR count). The Hall–Kier alpha value is -1.98. The smallest absolute Gasteiger partial charge is 0.234 e. The van der Waals surface area contributed by atoms with E-state index in [1.165, 1.54) is 12.1 Å². The monoisotopic (exact) mass is 282 g/mol. The molecule has 0 saturated carbocycles. The average Bonchev–Trinajstić information content (AvgIpc) is 2.39. The van der Waals surface area contributed by atoms with Gasteiger partial charge in [-0.25, -0.2) is 8.78 Å². The number of carbonyl (C=O) groups excluding carboxylic acids is 2. The first-order valence-corrected chi connectivity index (χ1v) is 6.47. The second-order valence-electron chi connectivity index (χ2n) is 4.84. The molecule has 20 heavy (non-hydrogen) atoms. The van der Waals surface area contributed by atoms with Crippen LogP contribution in [0.1, 0.15) is 31.2 Å². The summed E-state index contributed by atoms with van der Waals surface area (Å²) < 4.78 is 28.3. The third kappa shape index (κ3) is 2.64. The van der Waals surface area contributed by atoms with Gasteiger partial charge in [0, 0.05) is 31.3 Å². The Bertz CT molecular complexity index is 537. The standard InChI is InChI=1S/C14H16F2N2O2/c1-3-18(2)8-6-10(15)13(11(16)7-8)9-4-5-12(19)17-14(9)20/h6-7,9H,3-5H2,1-2H3,(H,17,19,20). The van der Waals surface area contributed by atoms with E-state index in [0.29, 0.717) is 12.2 Å². The van der Waals surface area contributed by atoms with E-state index in [1.54, 1.807) is 11.9 Å². The zero-order chi connectivity index (χ0) is 14.9. The van der Waals surface area contributed by atoms with Gasteiger partial charge in [0.2, 0.25) is 11.8 Å². The van der Waals surface area contributed by atoms with Crippen molar-refractivity contribution in [2.75, 3.05) is 18.5 Å². The van der Waals surface area contributed by atoms with E-state index in [9.17, 15) is 18.4 Å². The van der Waals surface area contributed by atoms with Crippen molar-refractivity contribution in [3.8, 4) is 0 Å². The van der Waals surface area contributed by atoms with Crippen LogP contribution in [0.4, 0.5) is 14.5 Å². The number of rotatable bonds is 3. The van der Waals surface area contributed by atoms with Crippen LogP contribution in [0.15, 0.2) is 12.1 Å². The lowest BCUT2D eigenvalue weighted by atomic mass is 9.89. The van der Waals surface area contributed by atoms with E-state index in [0.717, 1.165) is 0 Å². The van der Waals surface area contributed by atoms with Gasteiger partial charge in [-0.3, -0.25) is 14.9 Å². The van der Waals surface area contributed by atoms with Crippen LogP contribution in [-0.4, -0.2) is 25.4 Å². The number of anilines is 1. The van der Waals surface area contributed by atoms with Crippen molar-refractivity contribution in [3.63, 3.8) is 0 Å². The van der Waals surface area contributed by atoms with Gasteiger partial charge >= 0.3 is 0 Å². The highest BCUT2D eigenvalue weighted by atomic mass is 19.1. The predicted octanol–water partition coefficient (Wildman–Crippen LogP) is 1.94. The number of halogens is 2. The van der Waals surface area contributed by atoms with Crippen LogP contribution >= 0.6 is 0 Å². The minimum atomic E-state index is -0.950. The van der Waals surface area contributed by atoms with Crippen molar-refractivity contribution in [3.05, 3.63) is 29.3 Å². The summed E-state index contributed by atoms with van der Waals surface area (Å²) in [7, 11) is 1.72. The number of piperidine rings is 1. The van der Waals surface area contributed by atoms with Gasteiger partial charge in [-0.2, -0.15) is 0 Å². The second kappa shape index (κ2) is 5.56. The molecular formula is C14H16F2N2O2. The van der Waals surface area contributed by atoms with Crippen LogP contribution in [0, 0.1) is 11.6 Å². The lowest BCUT2D eigenvalue weighted by Gasteiger charge is -2.23. The van der Waals surface area contributed by atoms with E-state index in [4.69, 9.17) is 0 Å². The summed E-state index contributed by atoms with van der Waals surface area (Å²) in [6.07, 6.45) is 0.216. The predicted molar refractivity (Wildman–Crippen MR) is 70.4 cm³/mol. The maximum Gasteiger partial charge on any atom is 0.234 e. The van der Waals surface area contributed by atoms with Gasteiger partial charge in [0.15, 0.2) is 0 Å². The minimum absolute atomic E-state index is 0.0892. The highest BCUT2D eigenvalue weighted by Crippen LogP contribution is 2.31. The van der Waals surface area contributed by atoms with Crippen LogP contribution in [0.3, 0.4) is 0 Å². The molecule has 1 aliphatic heterocycles. The molecule has 0 spiro atoms. The maximum atomic E-state index is 14.1. The summed E-state index contributed by atoms with van der Waals surface area (Å²) in [5.74, 6) is -3.51. The largest absolute Gasteiger partial charge is 0.375 e. The molecule has 108 valence electrons. The van der Waals surface area contributed by atoms with Crippen molar-refractivity contribution in [2.45, 2.75) is 25.7 Å². The quantitative estimate of drug-likeness (QED) is 0.862. The first-order chi connectivity index (χ1) is 9.43. The van der Waals surface area contributed by atoms with Crippen LogP contribution in [0.2, 0.25) is 0 Å². The number of imide groups is 1. The topological polar surface area (TPSA) is 49.4 Å². The van der Waals surface area contributed by atoms with Crippen molar-refractivity contribution in [2.24, 2.45) is 0 Å². The number of hydrogen-bond donors (Lipinski definition) is 1. The molecule has 1 fully saturated rings. The van der Waals surface area contributed by atoms with Gasteiger partial charge in [-0.05, 0) is 25.5 Å². The summed E-state index contributed by atoms with van der Waals surface area (Å²) in [6.45, 7) is 2.47. The van der Waals surface area contributed by atoms with Crippen molar-refractivity contribution in [1.29, 1.82) is 0 Å². The molecule has 0 radical (unpaired) electrons. The second-order valence-corrected chi connectivity index (χ2v) is 4.84. The SMILES string of the molecule is CCN(C)c1cc(F)c(C2CCC(=O)NC2=O)c(F)c1. The molecule has 1 aromatic carbocycles. The number of nitrogens with one attached hydrogen (secondary N) is 1. The molecule has 4 nitrogen and oxygen atoms in total. The van der Waals surface area contributed by atoms with E-state index >= 15 is 0 Å². The molecule has 1 atom stereocenters. The molecule has 0 aromatic heterocycles. The minimum Gasteiger partial charge on any atom is -0.375 e. The summed E-state index contributed by atoms with van der Waals surface area (Å²) >= 11 is 0. The Morgan fingerprint density at radius 2 is 1.90 bits per heavy atom. The van der Waals surface area contributed by atoms with Crippen LogP contribution in [0.5, 0.6) is 0 Å². The summed E-state index contributed by atoms with van der Waals surface area (Å²) in [5.41, 5.74) is 0.154. The van der Waals surface area contributed by atoms with Gasteiger partial charge in [0.05, 0.1) is 5.92 Å². The molecule has 1 aromatic rings. The van der Waals surface area contributed by atoms with E-state index in [2.05, 4.69) is 5.32 Å². The molecule has 1 N–H and O–H groups in total. The fraction of sp³-hybridized carbons (Fsp3) is 0.429. The normalized spacial score (nSPS) is 18.9. The maximum absolute atomic E-state index is 14.1. The number of benzene rings is 1. The van der Waals surface area contributed by atoms with Crippen LogP contribution in [0.25, 0.3) is 0 Å². The lowest BCUT2D eigenvalue weighted by molar-refractivity contribution is -0.134. The molecule has 1 unspecified atom stereocenters. The number of nitrogens with zero attached hydrogens (tertiary/aromatic N) is 1. The molecule has 6 heteroatoms. The van der Waals surface area contributed by atoms with Crippen molar-refractivity contribution < 1.29 is 18.4 Å². The van der Waals surface area contributed by atoms with Gasteiger partial charge in [0.25, 0.3) is 0 Å². The van der Waals surface area contributed by atoms with E-state index in [-0.39, 0.29) is 18.4 Å². The molecule has 1 aliphatic rings.